The molecule has 2 amide bonds. The van der Waals surface area contributed by atoms with Gasteiger partial charge in [0.2, 0.25) is 0 Å². The topological polar surface area (TPSA) is 53.6 Å². The van der Waals surface area contributed by atoms with Crippen LogP contribution in [0.1, 0.15) is 25.3 Å². The number of nitrogens with zero attached hydrogens (tertiary/aromatic N) is 1. The molecule has 0 unspecified atom stereocenters. The largest absolute Gasteiger partial charge is 0.434 e. The summed E-state index contributed by atoms with van der Waals surface area (Å²) in [6, 6.07) is 13.7. The van der Waals surface area contributed by atoms with E-state index in [1.807, 2.05) is 24.3 Å². The Hall–Kier alpha value is -2.83. The molecule has 0 spiro atoms. The van der Waals surface area contributed by atoms with Gasteiger partial charge in [0.25, 0.3) is 0 Å². The van der Waals surface area contributed by atoms with Gasteiger partial charge in [0.05, 0.1) is 0 Å². The van der Waals surface area contributed by atoms with Crippen LogP contribution in [-0.2, 0) is 6.54 Å². The molecule has 0 aliphatic carbocycles. The normalized spacial score (nSPS) is 14.8. The fraction of sp³-hybridized carbons (Fsp3) is 0.381. The van der Waals surface area contributed by atoms with Crippen LogP contribution in [0.2, 0.25) is 0 Å². The summed E-state index contributed by atoms with van der Waals surface area (Å²) < 4.78 is 29.4. The second-order valence-electron chi connectivity index (χ2n) is 7.01. The van der Waals surface area contributed by atoms with Gasteiger partial charge in [0.1, 0.15) is 5.75 Å². The molecule has 150 valence electrons. The number of amides is 2. The van der Waals surface area contributed by atoms with Crippen molar-refractivity contribution in [2.24, 2.45) is 5.92 Å². The van der Waals surface area contributed by atoms with Gasteiger partial charge in [0.15, 0.2) is 0 Å². The van der Waals surface area contributed by atoms with Crippen LogP contribution in [0.3, 0.4) is 0 Å². The van der Waals surface area contributed by atoms with Crippen molar-refractivity contribution in [3.8, 4) is 5.75 Å². The van der Waals surface area contributed by atoms with Crippen molar-refractivity contribution < 1.29 is 18.3 Å². The summed E-state index contributed by atoms with van der Waals surface area (Å²) in [4.78, 5) is 14.5. The maximum absolute atomic E-state index is 12.5. The van der Waals surface area contributed by atoms with Crippen LogP contribution in [0.25, 0.3) is 0 Å². The number of carbonyl (C=O) groups is 1. The van der Waals surface area contributed by atoms with Gasteiger partial charge in [-0.05, 0) is 43.0 Å². The number of anilines is 2. The number of nitrogens with one attached hydrogen (secondary N) is 2. The Labute approximate surface area is 163 Å². The van der Waals surface area contributed by atoms with E-state index in [9.17, 15) is 13.6 Å². The van der Waals surface area contributed by atoms with Crippen LogP contribution in [-0.4, -0.2) is 25.7 Å². The predicted octanol–water partition coefficient (Wildman–Crippen LogP) is 4.85. The minimum Gasteiger partial charge on any atom is -0.434 e. The van der Waals surface area contributed by atoms with Crippen LogP contribution >= 0.6 is 0 Å². The molecule has 0 aromatic heterocycles. The van der Waals surface area contributed by atoms with Crippen molar-refractivity contribution in [1.82, 2.24) is 5.32 Å². The third-order valence-electron chi connectivity index (χ3n) is 4.88. The number of alkyl halides is 2. The monoisotopic (exact) mass is 389 g/mol. The lowest BCUT2D eigenvalue weighted by Gasteiger charge is -2.32. The van der Waals surface area contributed by atoms with Crippen LogP contribution in [0, 0.1) is 5.92 Å². The van der Waals surface area contributed by atoms with Crippen molar-refractivity contribution in [1.29, 1.82) is 0 Å². The first-order chi connectivity index (χ1) is 13.5. The van der Waals surface area contributed by atoms with E-state index in [4.69, 9.17) is 0 Å². The van der Waals surface area contributed by atoms with Gasteiger partial charge in [-0.2, -0.15) is 8.78 Å². The summed E-state index contributed by atoms with van der Waals surface area (Å²) in [7, 11) is 0. The summed E-state index contributed by atoms with van der Waals surface area (Å²) in [6.07, 6.45) is 2.33. The second kappa shape index (κ2) is 9.39. The molecule has 1 heterocycles. The Morgan fingerprint density at radius 1 is 1.18 bits per heavy atom. The highest BCUT2D eigenvalue weighted by Crippen LogP contribution is 2.25. The summed E-state index contributed by atoms with van der Waals surface area (Å²) in [5.41, 5.74) is 2.25. The summed E-state index contributed by atoms with van der Waals surface area (Å²) >= 11 is 0. The highest BCUT2D eigenvalue weighted by atomic mass is 19.3. The van der Waals surface area contributed by atoms with E-state index < -0.39 is 12.6 Å². The van der Waals surface area contributed by atoms with E-state index in [1.165, 1.54) is 6.07 Å². The molecule has 0 atom stereocenters. The highest BCUT2D eigenvalue weighted by molar-refractivity contribution is 5.89. The van der Waals surface area contributed by atoms with Gasteiger partial charge >= 0.3 is 12.6 Å². The smallest absolute Gasteiger partial charge is 0.387 e. The zero-order valence-electron chi connectivity index (χ0n) is 15.8. The molecule has 1 aliphatic rings. The number of ether oxygens (including phenoxy) is 1. The minimum atomic E-state index is -2.91. The van der Waals surface area contributed by atoms with E-state index in [0.717, 1.165) is 37.5 Å². The van der Waals surface area contributed by atoms with Gasteiger partial charge in [-0.25, -0.2) is 4.79 Å². The first-order valence-electron chi connectivity index (χ1n) is 9.44. The molecule has 2 N–H and O–H groups in total. The molecule has 2 aromatic carbocycles. The first-order valence-corrected chi connectivity index (χ1v) is 9.44. The molecule has 1 saturated heterocycles. The zero-order valence-corrected chi connectivity index (χ0v) is 15.8. The highest BCUT2D eigenvalue weighted by Gasteiger charge is 2.16. The molecule has 28 heavy (non-hydrogen) atoms. The summed E-state index contributed by atoms with van der Waals surface area (Å²) in [5.74, 6) is 0.805. The maximum atomic E-state index is 12.5. The number of carbonyl (C=O) groups excluding carboxylic acids is 1. The fourth-order valence-electron chi connectivity index (χ4n) is 3.26. The Balaban J connectivity index is 1.56. The summed E-state index contributed by atoms with van der Waals surface area (Å²) in [6.45, 7) is 1.47. The van der Waals surface area contributed by atoms with Crippen LogP contribution in [0.5, 0.6) is 5.75 Å². The standard InChI is InChI=1S/C21H25F2N3O2/c1-15-9-11-26(12-10-15)18-7-4-6-17(13-18)25-21(27)24-14-16-5-2-3-8-19(16)28-20(22)23/h2-8,13,15,20H,9-12,14H2,1H3,(H2,24,25,27). The van der Waals surface area contributed by atoms with E-state index >= 15 is 0 Å². The van der Waals surface area contributed by atoms with Crippen LogP contribution in [0.15, 0.2) is 48.5 Å². The third-order valence-corrected chi connectivity index (χ3v) is 4.88. The quantitative estimate of drug-likeness (QED) is 0.743. The molecule has 2 aromatic rings. The fourth-order valence-corrected chi connectivity index (χ4v) is 3.26. The number of rotatable bonds is 6. The number of benzene rings is 2. The molecule has 7 heteroatoms. The predicted molar refractivity (Wildman–Crippen MR) is 106 cm³/mol. The molecular formula is C21H25F2N3O2. The maximum Gasteiger partial charge on any atom is 0.387 e. The van der Waals surface area contributed by atoms with Crippen molar-refractivity contribution in [2.75, 3.05) is 23.3 Å². The van der Waals surface area contributed by atoms with Crippen molar-refractivity contribution in [2.45, 2.75) is 32.9 Å². The van der Waals surface area contributed by atoms with Gasteiger partial charge in [-0.3, -0.25) is 0 Å². The molecule has 0 saturated carbocycles. The lowest BCUT2D eigenvalue weighted by atomic mass is 9.99. The number of halogens is 2. The van der Waals surface area contributed by atoms with E-state index in [2.05, 4.69) is 27.2 Å². The second-order valence-corrected chi connectivity index (χ2v) is 7.01. The zero-order chi connectivity index (χ0) is 19.9. The van der Waals surface area contributed by atoms with Gasteiger partial charge < -0.3 is 20.3 Å². The Bertz CT molecular complexity index is 793. The first kappa shape index (κ1) is 19.9. The number of urea groups is 1. The molecule has 1 fully saturated rings. The van der Waals surface area contributed by atoms with Crippen LogP contribution in [0.4, 0.5) is 25.0 Å². The molecule has 3 rings (SSSR count). The number of hydrogen-bond donors (Lipinski definition) is 2. The third kappa shape index (κ3) is 5.58. The van der Waals surface area contributed by atoms with Crippen LogP contribution < -0.4 is 20.3 Å². The SMILES string of the molecule is CC1CCN(c2cccc(NC(=O)NCc3ccccc3OC(F)F)c2)CC1. The van der Waals surface area contributed by atoms with Gasteiger partial charge in [0, 0.05) is 36.6 Å². The molecule has 0 radical (unpaired) electrons. The molecule has 5 nitrogen and oxygen atoms in total. The number of para-hydroxylation sites is 1. The Morgan fingerprint density at radius 3 is 2.68 bits per heavy atom. The molecule has 0 bridgehead atoms. The Morgan fingerprint density at radius 2 is 1.93 bits per heavy atom. The van der Waals surface area contributed by atoms with Crippen molar-refractivity contribution in [3.05, 3.63) is 54.1 Å². The van der Waals surface area contributed by atoms with E-state index in [-0.39, 0.29) is 12.3 Å². The van der Waals surface area contributed by atoms with Gasteiger partial charge in [-0.1, -0.05) is 31.2 Å². The number of hydrogen-bond acceptors (Lipinski definition) is 3. The van der Waals surface area contributed by atoms with E-state index in [0.29, 0.717) is 11.3 Å². The van der Waals surface area contributed by atoms with Gasteiger partial charge in [-0.15, -0.1) is 0 Å². The molecule has 1 aliphatic heterocycles. The average Bonchev–Trinajstić information content (AvgIpc) is 2.68. The average molecular weight is 389 g/mol. The van der Waals surface area contributed by atoms with Crippen molar-refractivity contribution >= 4 is 17.4 Å². The van der Waals surface area contributed by atoms with E-state index in [1.54, 1.807) is 18.2 Å². The van der Waals surface area contributed by atoms with Crippen molar-refractivity contribution in [3.63, 3.8) is 0 Å². The Kier molecular flexibility index (Phi) is 6.68. The summed E-state index contributed by atoms with van der Waals surface area (Å²) in [5, 5.41) is 5.47. The number of piperidine rings is 1. The lowest BCUT2D eigenvalue weighted by molar-refractivity contribution is -0.0504. The minimum absolute atomic E-state index is 0.0547. The lowest BCUT2D eigenvalue weighted by Crippen LogP contribution is -2.33. The molecular weight excluding hydrogens is 364 g/mol.